The largest absolute Gasteiger partial charge is 0.481 e. The minimum absolute atomic E-state index is 0.00840. The van der Waals surface area contributed by atoms with E-state index in [1.165, 1.54) is 0 Å². The topological polar surface area (TPSA) is 66.4 Å². The van der Waals surface area contributed by atoms with Crippen molar-refractivity contribution >= 4 is 11.9 Å². The first-order valence-corrected chi connectivity index (χ1v) is 6.03. The number of nitrogens with one attached hydrogen (secondary N) is 1. The summed E-state index contributed by atoms with van der Waals surface area (Å²) in [5, 5.41) is 11.5. The summed E-state index contributed by atoms with van der Waals surface area (Å²) in [6.45, 7) is 3.77. The summed E-state index contributed by atoms with van der Waals surface area (Å²) in [6.07, 6.45) is 4.93. The highest BCUT2D eigenvalue weighted by molar-refractivity contribution is 5.83. The predicted molar refractivity (Wildman–Crippen MR) is 61.0 cm³/mol. The summed E-state index contributed by atoms with van der Waals surface area (Å²) in [6, 6.07) is -0.283. The van der Waals surface area contributed by atoms with Gasteiger partial charge in [-0.05, 0) is 26.2 Å². The van der Waals surface area contributed by atoms with Crippen LogP contribution in [0.3, 0.4) is 0 Å². The molecule has 0 heterocycles. The van der Waals surface area contributed by atoms with Crippen molar-refractivity contribution in [1.82, 2.24) is 5.32 Å². The van der Waals surface area contributed by atoms with Crippen molar-refractivity contribution in [2.24, 2.45) is 5.41 Å². The fourth-order valence-corrected chi connectivity index (χ4v) is 2.48. The van der Waals surface area contributed by atoms with Crippen LogP contribution in [-0.4, -0.2) is 23.0 Å². The number of amides is 1. The van der Waals surface area contributed by atoms with E-state index in [2.05, 4.69) is 5.32 Å². The molecule has 16 heavy (non-hydrogen) atoms. The van der Waals surface area contributed by atoms with Gasteiger partial charge in [-0.3, -0.25) is 9.59 Å². The Labute approximate surface area is 96.4 Å². The van der Waals surface area contributed by atoms with Crippen LogP contribution in [0.4, 0.5) is 0 Å². The number of carbonyl (C=O) groups excluding carboxylic acids is 1. The molecule has 1 aliphatic rings. The van der Waals surface area contributed by atoms with Gasteiger partial charge < -0.3 is 10.4 Å². The maximum atomic E-state index is 12.1. The molecule has 1 atom stereocenters. The second-order valence-electron chi connectivity index (χ2n) is 4.81. The SMILES string of the molecule is CCC1(C(=O)NC(C)CC(=O)O)CCCC1. The summed E-state index contributed by atoms with van der Waals surface area (Å²) in [5.74, 6) is -0.828. The molecule has 0 aliphatic heterocycles. The van der Waals surface area contributed by atoms with E-state index in [0.717, 1.165) is 32.1 Å². The third-order valence-electron chi connectivity index (χ3n) is 3.58. The molecule has 0 saturated heterocycles. The number of aliphatic carboxylic acids is 1. The normalized spacial score (nSPS) is 20.4. The maximum Gasteiger partial charge on any atom is 0.305 e. The fraction of sp³-hybridized carbons (Fsp3) is 0.833. The Morgan fingerprint density at radius 2 is 1.94 bits per heavy atom. The zero-order chi connectivity index (χ0) is 12.2. The summed E-state index contributed by atoms with van der Waals surface area (Å²) in [4.78, 5) is 22.6. The molecule has 1 rings (SSSR count). The molecule has 2 N–H and O–H groups in total. The minimum Gasteiger partial charge on any atom is -0.481 e. The standard InChI is InChI=1S/C12H21NO3/c1-3-12(6-4-5-7-12)11(16)13-9(2)8-10(14)15/h9H,3-8H2,1-2H3,(H,13,16)(H,14,15). The lowest BCUT2D eigenvalue weighted by Gasteiger charge is -2.27. The van der Waals surface area contributed by atoms with Crippen molar-refractivity contribution in [3.63, 3.8) is 0 Å². The van der Waals surface area contributed by atoms with Crippen molar-refractivity contribution < 1.29 is 14.7 Å². The number of carboxylic acids is 1. The number of hydrogen-bond acceptors (Lipinski definition) is 2. The van der Waals surface area contributed by atoms with E-state index in [-0.39, 0.29) is 23.8 Å². The van der Waals surface area contributed by atoms with Crippen LogP contribution in [0.25, 0.3) is 0 Å². The average molecular weight is 227 g/mol. The van der Waals surface area contributed by atoms with Crippen LogP contribution in [-0.2, 0) is 9.59 Å². The second-order valence-corrected chi connectivity index (χ2v) is 4.81. The molecule has 0 aromatic heterocycles. The van der Waals surface area contributed by atoms with Crippen molar-refractivity contribution in [1.29, 1.82) is 0 Å². The Balaban J connectivity index is 2.53. The van der Waals surface area contributed by atoms with Gasteiger partial charge in [0.1, 0.15) is 0 Å². The Morgan fingerprint density at radius 1 is 1.38 bits per heavy atom. The highest BCUT2D eigenvalue weighted by atomic mass is 16.4. The third-order valence-corrected chi connectivity index (χ3v) is 3.58. The molecule has 1 amide bonds. The molecule has 0 bridgehead atoms. The van der Waals surface area contributed by atoms with E-state index in [0.29, 0.717) is 0 Å². The molecule has 0 aromatic carbocycles. The highest BCUT2D eigenvalue weighted by Crippen LogP contribution is 2.41. The smallest absolute Gasteiger partial charge is 0.305 e. The number of carbonyl (C=O) groups is 2. The maximum absolute atomic E-state index is 12.1. The molecular weight excluding hydrogens is 206 g/mol. The van der Waals surface area contributed by atoms with Crippen molar-refractivity contribution in [2.45, 2.75) is 58.4 Å². The third kappa shape index (κ3) is 2.97. The van der Waals surface area contributed by atoms with Crippen LogP contribution in [0.2, 0.25) is 0 Å². The second kappa shape index (κ2) is 5.32. The molecule has 4 heteroatoms. The Morgan fingerprint density at radius 3 is 2.38 bits per heavy atom. The van der Waals surface area contributed by atoms with E-state index in [9.17, 15) is 9.59 Å². The van der Waals surface area contributed by atoms with Crippen molar-refractivity contribution in [3.8, 4) is 0 Å². The van der Waals surface area contributed by atoms with E-state index < -0.39 is 5.97 Å². The summed E-state index contributed by atoms with van der Waals surface area (Å²) < 4.78 is 0. The summed E-state index contributed by atoms with van der Waals surface area (Å²) >= 11 is 0. The quantitative estimate of drug-likeness (QED) is 0.754. The number of rotatable bonds is 5. The Kier molecular flexibility index (Phi) is 4.33. The Hall–Kier alpha value is -1.06. The predicted octanol–water partition coefficient (Wildman–Crippen LogP) is 1.94. The van der Waals surface area contributed by atoms with Gasteiger partial charge in [0.2, 0.25) is 5.91 Å². The van der Waals surface area contributed by atoms with Gasteiger partial charge in [0, 0.05) is 11.5 Å². The molecule has 1 aliphatic carbocycles. The average Bonchev–Trinajstić information content (AvgIpc) is 2.65. The lowest BCUT2D eigenvalue weighted by Crippen LogP contribution is -2.43. The lowest BCUT2D eigenvalue weighted by molar-refractivity contribution is -0.138. The van der Waals surface area contributed by atoms with E-state index >= 15 is 0 Å². The molecule has 92 valence electrons. The summed E-state index contributed by atoms with van der Waals surface area (Å²) in [7, 11) is 0. The molecule has 1 fully saturated rings. The zero-order valence-corrected chi connectivity index (χ0v) is 10.1. The van der Waals surface area contributed by atoms with Crippen LogP contribution in [0.5, 0.6) is 0 Å². The lowest BCUT2D eigenvalue weighted by atomic mass is 9.82. The molecular formula is C12H21NO3. The Bertz CT molecular complexity index is 269. The highest BCUT2D eigenvalue weighted by Gasteiger charge is 2.39. The first-order valence-electron chi connectivity index (χ1n) is 6.03. The van der Waals surface area contributed by atoms with Gasteiger partial charge in [-0.1, -0.05) is 19.8 Å². The van der Waals surface area contributed by atoms with E-state index in [4.69, 9.17) is 5.11 Å². The van der Waals surface area contributed by atoms with Crippen LogP contribution in [0.1, 0.15) is 52.4 Å². The monoisotopic (exact) mass is 227 g/mol. The molecule has 4 nitrogen and oxygen atoms in total. The molecule has 1 unspecified atom stereocenters. The van der Waals surface area contributed by atoms with Gasteiger partial charge in [0.05, 0.1) is 6.42 Å². The van der Waals surface area contributed by atoms with Crippen LogP contribution >= 0.6 is 0 Å². The minimum atomic E-state index is -0.871. The van der Waals surface area contributed by atoms with Gasteiger partial charge in [0.15, 0.2) is 0 Å². The van der Waals surface area contributed by atoms with E-state index in [1.807, 2.05) is 6.92 Å². The van der Waals surface area contributed by atoms with Crippen molar-refractivity contribution in [2.75, 3.05) is 0 Å². The number of hydrogen-bond donors (Lipinski definition) is 2. The van der Waals surface area contributed by atoms with Crippen LogP contribution in [0, 0.1) is 5.41 Å². The zero-order valence-electron chi connectivity index (χ0n) is 10.1. The van der Waals surface area contributed by atoms with E-state index in [1.54, 1.807) is 6.92 Å². The first kappa shape index (κ1) is 13.0. The van der Waals surface area contributed by atoms with Gasteiger partial charge >= 0.3 is 5.97 Å². The molecule has 0 aromatic rings. The molecule has 1 saturated carbocycles. The van der Waals surface area contributed by atoms with Gasteiger partial charge in [-0.25, -0.2) is 0 Å². The fourth-order valence-electron chi connectivity index (χ4n) is 2.48. The molecule has 0 radical (unpaired) electrons. The number of carboxylic acid groups (broad SMARTS) is 1. The first-order chi connectivity index (χ1) is 7.50. The van der Waals surface area contributed by atoms with Gasteiger partial charge in [0.25, 0.3) is 0 Å². The van der Waals surface area contributed by atoms with Crippen molar-refractivity contribution in [3.05, 3.63) is 0 Å². The molecule has 0 spiro atoms. The van der Waals surface area contributed by atoms with Crippen LogP contribution < -0.4 is 5.32 Å². The summed E-state index contributed by atoms with van der Waals surface area (Å²) in [5.41, 5.74) is -0.229. The van der Waals surface area contributed by atoms with Gasteiger partial charge in [-0.15, -0.1) is 0 Å². The van der Waals surface area contributed by atoms with Crippen LogP contribution in [0.15, 0.2) is 0 Å². The van der Waals surface area contributed by atoms with Gasteiger partial charge in [-0.2, -0.15) is 0 Å².